The molecule has 5 nitrogen and oxygen atoms in total. The maximum atomic E-state index is 12.7. The average Bonchev–Trinajstić information content (AvgIpc) is 2.97. The molecule has 0 bridgehead atoms. The first-order valence-corrected chi connectivity index (χ1v) is 7.80. The van der Waals surface area contributed by atoms with E-state index in [1.54, 1.807) is 6.07 Å². The molecule has 1 aliphatic carbocycles. The van der Waals surface area contributed by atoms with Crippen LogP contribution in [0.1, 0.15) is 48.9 Å². The summed E-state index contributed by atoms with van der Waals surface area (Å²) < 4.78 is 0. The summed E-state index contributed by atoms with van der Waals surface area (Å²) in [4.78, 5) is 18.3. The highest BCUT2D eigenvalue weighted by atomic mass is 16.3. The zero-order chi connectivity index (χ0) is 14.8. The van der Waals surface area contributed by atoms with Crippen LogP contribution in [0.3, 0.4) is 0 Å². The summed E-state index contributed by atoms with van der Waals surface area (Å²) in [5.74, 6) is -0.0401. The lowest BCUT2D eigenvalue weighted by atomic mass is 9.80. The van der Waals surface area contributed by atoms with Crippen LogP contribution in [-0.2, 0) is 0 Å². The second kappa shape index (κ2) is 6.02. The molecule has 1 aromatic rings. The molecule has 2 aliphatic rings. The zero-order valence-electron chi connectivity index (χ0n) is 12.1. The molecule has 0 spiro atoms. The van der Waals surface area contributed by atoms with Crippen molar-refractivity contribution in [2.45, 2.75) is 50.7 Å². The van der Waals surface area contributed by atoms with E-state index in [9.17, 15) is 15.0 Å². The standard InChI is InChI=1S/C16H22N2O3/c19-14-6-2-1-4-11(14)13-5-3-9-18(13)16(21)12-7-8-17-10-15(12)20/h7-8,10-11,13-14,19-20H,1-6,9H2. The Kier molecular flexibility index (Phi) is 4.10. The predicted octanol–water partition coefficient (Wildman–Crippen LogP) is 1.94. The molecule has 1 aliphatic heterocycles. The van der Waals surface area contributed by atoms with Gasteiger partial charge in [0.15, 0.2) is 0 Å². The van der Waals surface area contributed by atoms with Crippen molar-refractivity contribution in [1.82, 2.24) is 9.88 Å². The van der Waals surface area contributed by atoms with Crippen LogP contribution in [-0.4, -0.2) is 44.7 Å². The zero-order valence-corrected chi connectivity index (χ0v) is 12.1. The van der Waals surface area contributed by atoms with E-state index in [2.05, 4.69) is 4.98 Å². The second-order valence-corrected chi connectivity index (χ2v) is 6.12. The first-order valence-electron chi connectivity index (χ1n) is 7.80. The molecule has 0 radical (unpaired) electrons. The number of aromatic nitrogens is 1. The van der Waals surface area contributed by atoms with Crippen LogP contribution < -0.4 is 0 Å². The third-order valence-corrected chi connectivity index (χ3v) is 4.87. The van der Waals surface area contributed by atoms with Crippen molar-refractivity contribution in [3.63, 3.8) is 0 Å². The highest BCUT2D eigenvalue weighted by Gasteiger charge is 2.39. The molecule has 114 valence electrons. The normalized spacial score (nSPS) is 29.6. The fourth-order valence-electron chi connectivity index (χ4n) is 3.80. The van der Waals surface area contributed by atoms with Gasteiger partial charge in [-0.1, -0.05) is 12.8 Å². The van der Waals surface area contributed by atoms with Crippen LogP contribution >= 0.6 is 0 Å². The summed E-state index contributed by atoms with van der Waals surface area (Å²) in [6, 6.07) is 1.66. The van der Waals surface area contributed by atoms with Crippen molar-refractivity contribution < 1.29 is 15.0 Å². The van der Waals surface area contributed by atoms with Crippen molar-refractivity contribution >= 4 is 5.91 Å². The van der Waals surface area contributed by atoms with Crippen LogP contribution in [0.15, 0.2) is 18.5 Å². The number of nitrogens with zero attached hydrogens (tertiary/aromatic N) is 2. The van der Waals surface area contributed by atoms with E-state index in [0.29, 0.717) is 12.1 Å². The Bertz CT molecular complexity index is 520. The van der Waals surface area contributed by atoms with Gasteiger partial charge in [-0.25, -0.2) is 0 Å². The molecule has 3 atom stereocenters. The third kappa shape index (κ3) is 2.75. The van der Waals surface area contributed by atoms with Crippen molar-refractivity contribution in [1.29, 1.82) is 0 Å². The number of aliphatic hydroxyl groups is 1. The van der Waals surface area contributed by atoms with E-state index in [-0.39, 0.29) is 29.7 Å². The number of pyridine rings is 1. The van der Waals surface area contributed by atoms with Gasteiger partial charge >= 0.3 is 0 Å². The van der Waals surface area contributed by atoms with E-state index < -0.39 is 0 Å². The smallest absolute Gasteiger partial charge is 0.257 e. The molecule has 3 unspecified atom stereocenters. The van der Waals surface area contributed by atoms with Crippen LogP contribution in [0.5, 0.6) is 5.75 Å². The van der Waals surface area contributed by atoms with E-state index in [1.807, 2.05) is 4.90 Å². The van der Waals surface area contributed by atoms with Gasteiger partial charge in [0.1, 0.15) is 5.75 Å². The van der Waals surface area contributed by atoms with Crippen molar-refractivity contribution in [3.05, 3.63) is 24.0 Å². The van der Waals surface area contributed by atoms with Crippen LogP contribution in [0.4, 0.5) is 0 Å². The highest BCUT2D eigenvalue weighted by molar-refractivity contribution is 5.97. The van der Waals surface area contributed by atoms with Gasteiger partial charge < -0.3 is 15.1 Å². The van der Waals surface area contributed by atoms with Gasteiger partial charge in [0.2, 0.25) is 0 Å². The van der Waals surface area contributed by atoms with Crippen molar-refractivity contribution in [2.24, 2.45) is 5.92 Å². The first-order chi connectivity index (χ1) is 10.2. The minimum atomic E-state index is -0.303. The summed E-state index contributed by atoms with van der Waals surface area (Å²) in [5.41, 5.74) is 0.308. The molecule has 0 aromatic carbocycles. The molecule has 3 rings (SSSR count). The third-order valence-electron chi connectivity index (χ3n) is 4.87. The van der Waals surface area contributed by atoms with Gasteiger partial charge in [-0.15, -0.1) is 0 Å². The number of hydrogen-bond donors (Lipinski definition) is 2. The largest absolute Gasteiger partial charge is 0.505 e. The van der Waals surface area contributed by atoms with Crippen LogP contribution in [0.2, 0.25) is 0 Å². The van der Waals surface area contributed by atoms with Gasteiger partial charge in [0, 0.05) is 24.7 Å². The van der Waals surface area contributed by atoms with E-state index in [4.69, 9.17) is 0 Å². The highest BCUT2D eigenvalue weighted by Crippen LogP contribution is 2.35. The molecular weight excluding hydrogens is 268 g/mol. The number of aliphatic hydroxyl groups excluding tert-OH is 1. The quantitative estimate of drug-likeness (QED) is 0.873. The first kappa shape index (κ1) is 14.3. The number of likely N-dealkylation sites (tertiary alicyclic amines) is 1. The number of rotatable bonds is 2. The predicted molar refractivity (Wildman–Crippen MR) is 77.9 cm³/mol. The molecular formula is C16H22N2O3. The summed E-state index contributed by atoms with van der Waals surface area (Å²) >= 11 is 0. The number of carbonyl (C=O) groups is 1. The van der Waals surface area contributed by atoms with Crippen molar-refractivity contribution in [3.8, 4) is 5.75 Å². The lowest BCUT2D eigenvalue weighted by Crippen LogP contribution is -2.45. The number of carbonyl (C=O) groups excluding carboxylic acids is 1. The monoisotopic (exact) mass is 290 g/mol. The average molecular weight is 290 g/mol. The number of hydrogen-bond acceptors (Lipinski definition) is 4. The minimum Gasteiger partial charge on any atom is -0.505 e. The van der Waals surface area contributed by atoms with E-state index >= 15 is 0 Å². The minimum absolute atomic E-state index is 0.0719. The Morgan fingerprint density at radius 2 is 2.05 bits per heavy atom. The molecule has 21 heavy (non-hydrogen) atoms. The van der Waals surface area contributed by atoms with Crippen LogP contribution in [0, 0.1) is 5.92 Å². The van der Waals surface area contributed by atoms with E-state index in [1.165, 1.54) is 12.4 Å². The molecule has 1 aromatic heterocycles. The molecule has 1 saturated carbocycles. The summed E-state index contributed by atoms with van der Waals surface area (Å²) in [7, 11) is 0. The number of amides is 1. The Labute approximate surface area is 124 Å². The molecule has 1 saturated heterocycles. The Balaban J connectivity index is 1.80. The molecule has 1 amide bonds. The van der Waals surface area contributed by atoms with Gasteiger partial charge in [-0.05, 0) is 31.7 Å². The fourth-order valence-corrected chi connectivity index (χ4v) is 3.80. The second-order valence-electron chi connectivity index (χ2n) is 6.12. The maximum absolute atomic E-state index is 12.7. The SMILES string of the molecule is O=C(c1ccncc1O)N1CCCC1C1CCCCC1O. The lowest BCUT2D eigenvalue weighted by Gasteiger charge is -2.37. The van der Waals surface area contributed by atoms with Gasteiger partial charge in [0.25, 0.3) is 5.91 Å². The summed E-state index contributed by atoms with van der Waals surface area (Å²) in [6.45, 7) is 0.703. The Hall–Kier alpha value is -1.62. The fraction of sp³-hybridized carbons (Fsp3) is 0.625. The Morgan fingerprint density at radius 3 is 2.81 bits per heavy atom. The number of aromatic hydroxyl groups is 1. The van der Waals surface area contributed by atoms with Crippen LogP contribution in [0.25, 0.3) is 0 Å². The van der Waals surface area contributed by atoms with Gasteiger partial charge in [-0.3, -0.25) is 9.78 Å². The van der Waals surface area contributed by atoms with Gasteiger partial charge in [-0.2, -0.15) is 0 Å². The molecule has 5 heteroatoms. The molecule has 2 fully saturated rings. The molecule has 2 heterocycles. The molecule has 2 N–H and O–H groups in total. The summed E-state index contributed by atoms with van der Waals surface area (Å²) in [5, 5.41) is 20.1. The lowest BCUT2D eigenvalue weighted by molar-refractivity contribution is 0.0210. The van der Waals surface area contributed by atoms with Gasteiger partial charge in [0.05, 0.1) is 17.9 Å². The topological polar surface area (TPSA) is 73.7 Å². The van der Waals surface area contributed by atoms with E-state index in [0.717, 1.165) is 38.5 Å². The van der Waals surface area contributed by atoms with Crippen molar-refractivity contribution in [2.75, 3.05) is 6.54 Å². The Morgan fingerprint density at radius 1 is 1.24 bits per heavy atom. The summed E-state index contributed by atoms with van der Waals surface area (Å²) in [6.07, 6.45) is 8.45. The maximum Gasteiger partial charge on any atom is 0.257 e.